The number of hydrogen-bond acceptors (Lipinski definition) is 12. The van der Waals surface area contributed by atoms with Gasteiger partial charge < -0.3 is 33.9 Å². The maximum absolute atomic E-state index is 14.1. The zero-order valence-electron chi connectivity index (χ0n) is 33.4. The van der Waals surface area contributed by atoms with E-state index in [0.717, 1.165) is 17.7 Å². The summed E-state index contributed by atoms with van der Waals surface area (Å²) in [7, 11) is -5.28. The normalized spacial score (nSPS) is 18.2. The summed E-state index contributed by atoms with van der Waals surface area (Å²) < 4.78 is 53.4. The summed E-state index contributed by atoms with van der Waals surface area (Å²) in [5.41, 5.74) is 1.43. The van der Waals surface area contributed by atoms with Gasteiger partial charge in [0, 0.05) is 78.4 Å². The van der Waals surface area contributed by atoms with Crippen molar-refractivity contribution in [2.75, 3.05) is 58.2 Å². The molecular weight excluding hydrogens is 759 g/mol. The van der Waals surface area contributed by atoms with Gasteiger partial charge >= 0.3 is 5.97 Å². The fraction of sp³-hybridized carbons (Fsp3) is 0.595. The van der Waals surface area contributed by atoms with Crippen molar-refractivity contribution in [3.05, 3.63) is 42.6 Å². The van der Waals surface area contributed by atoms with Crippen LogP contribution in [0.15, 0.2) is 41.8 Å². The fourth-order valence-electron chi connectivity index (χ4n) is 6.56. The maximum Gasteiger partial charge on any atom is 0.335 e. The number of hydrogen-bond donors (Lipinski definition) is 2. The molecule has 1 aliphatic carbocycles. The van der Waals surface area contributed by atoms with Crippen molar-refractivity contribution in [2.45, 2.75) is 93.5 Å². The summed E-state index contributed by atoms with van der Waals surface area (Å²) in [5.74, 6) is -0.514. The second-order valence-corrected chi connectivity index (χ2v) is 29.9. The van der Waals surface area contributed by atoms with Crippen LogP contribution in [0.5, 0.6) is 0 Å². The molecule has 0 radical (unpaired) electrons. The first-order valence-electron chi connectivity index (χ1n) is 18.8. The molecule has 0 spiro atoms. The molecule has 4 heterocycles. The molecule has 0 aromatic carbocycles. The molecule has 1 aliphatic rings. The smallest absolute Gasteiger partial charge is 0.335 e. The molecule has 0 unspecified atom stereocenters. The topological polar surface area (TPSA) is 183 Å². The third kappa shape index (κ3) is 10.9. The number of imidazole rings is 1. The van der Waals surface area contributed by atoms with Crippen LogP contribution >= 0.6 is 0 Å². The van der Waals surface area contributed by atoms with Crippen LogP contribution in [-0.2, 0) is 33.6 Å². The highest BCUT2D eigenvalue weighted by Gasteiger charge is 2.45. The fourth-order valence-corrected chi connectivity index (χ4v) is 9.21. The largest absolute Gasteiger partial charge is 0.479 e. The Hall–Kier alpha value is -3.53. The molecular formula is C37H57N7O8SSi2. The average molecular weight is 816 g/mol. The van der Waals surface area contributed by atoms with E-state index in [0.29, 0.717) is 60.3 Å². The van der Waals surface area contributed by atoms with E-state index in [9.17, 15) is 18.3 Å². The second-order valence-electron chi connectivity index (χ2n) is 16.7. The van der Waals surface area contributed by atoms with Gasteiger partial charge in [0.1, 0.15) is 24.1 Å². The average Bonchev–Trinajstić information content (AvgIpc) is 3.81. The number of nitrogens with one attached hydrogen (secondary N) is 1. The van der Waals surface area contributed by atoms with Crippen molar-refractivity contribution >= 4 is 43.4 Å². The van der Waals surface area contributed by atoms with Crippen molar-refractivity contribution in [1.82, 2.24) is 29.5 Å². The minimum atomic E-state index is -3.96. The minimum absolute atomic E-state index is 0.0247. The number of pyridine rings is 1. The van der Waals surface area contributed by atoms with Crippen LogP contribution in [0.25, 0.3) is 28.3 Å². The summed E-state index contributed by atoms with van der Waals surface area (Å²) in [5, 5.41) is 15.0. The van der Waals surface area contributed by atoms with Crippen molar-refractivity contribution in [2.24, 2.45) is 0 Å². The highest BCUT2D eigenvalue weighted by atomic mass is 32.2. The molecule has 302 valence electrons. The number of carbonyl (C=O) groups is 1. The first-order valence-corrected chi connectivity index (χ1v) is 28.1. The zero-order valence-corrected chi connectivity index (χ0v) is 36.2. The quantitative estimate of drug-likeness (QED) is 0.0588. The van der Waals surface area contributed by atoms with Gasteiger partial charge in [0.2, 0.25) is 0 Å². The number of aromatic amines is 1. The van der Waals surface area contributed by atoms with E-state index in [4.69, 9.17) is 29.0 Å². The Labute approximate surface area is 326 Å². The van der Waals surface area contributed by atoms with Gasteiger partial charge in [-0.1, -0.05) is 45.3 Å². The van der Waals surface area contributed by atoms with Crippen LogP contribution in [0, 0.1) is 0 Å². The zero-order chi connectivity index (χ0) is 40.0. The van der Waals surface area contributed by atoms with Gasteiger partial charge in [-0.05, 0) is 43.8 Å². The van der Waals surface area contributed by atoms with Gasteiger partial charge in [-0.2, -0.15) is 9.61 Å². The summed E-state index contributed by atoms with van der Waals surface area (Å²) in [6.07, 6.45) is 8.99. The second kappa shape index (κ2) is 17.7. The lowest BCUT2D eigenvalue weighted by atomic mass is 9.77. The number of aliphatic carboxylic acids is 1. The molecule has 0 aliphatic heterocycles. The summed E-state index contributed by atoms with van der Waals surface area (Å²) in [6.45, 7) is 15.2. The van der Waals surface area contributed by atoms with E-state index in [-0.39, 0.29) is 44.4 Å². The number of anilines is 1. The number of methoxy groups -OCH3 is 1. The predicted octanol–water partition coefficient (Wildman–Crippen LogP) is 6.16. The third-order valence-corrected chi connectivity index (χ3v) is 14.4. The van der Waals surface area contributed by atoms with Crippen LogP contribution in [0.1, 0.15) is 37.3 Å². The molecule has 15 nitrogen and oxygen atoms in total. The number of fused-ring (bicyclic) bond motifs is 1. The van der Waals surface area contributed by atoms with E-state index >= 15 is 0 Å². The molecule has 0 atom stereocenters. The van der Waals surface area contributed by atoms with Gasteiger partial charge in [-0.25, -0.2) is 23.2 Å². The number of carboxylic acids is 1. The molecule has 1 fully saturated rings. The molecule has 4 aromatic heterocycles. The number of ether oxygens (including phenoxy) is 4. The predicted molar refractivity (Wildman–Crippen MR) is 217 cm³/mol. The van der Waals surface area contributed by atoms with E-state index in [1.165, 1.54) is 13.4 Å². The summed E-state index contributed by atoms with van der Waals surface area (Å²) >= 11 is 0. The van der Waals surface area contributed by atoms with Crippen LogP contribution < -0.4 is 4.90 Å². The van der Waals surface area contributed by atoms with E-state index in [2.05, 4.69) is 54.2 Å². The molecule has 5 rings (SSSR count). The van der Waals surface area contributed by atoms with E-state index < -0.39 is 43.5 Å². The van der Waals surface area contributed by atoms with Gasteiger partial charge in [0.25, 0.3) is 0 Å². The molecule has 0 bridgehead atoms. The van der Waals surface area contributed by atoms with Crippen molar-refractivity contribution < 1.29 is 37.3 Å². The first kappa shape index (κ1) is 42.6. The third-order valence-electron chi connectivity index (χ3n) is 9.81. The molecule has 0 saturated heterocycles. The highest BCUT2D eigenvalue weighted by Crippen LogP contribution is 2.44. The molecule has 0 amide bonds. The summed E-state index contributed by atoms with van der Waals surface area (Å²) in [6, 6.07) is 5.62. The Balaban J connectivity index is 1.65. The Kier molecular flexibility index (Phi) is 13.7. The van der Waals surface area contributed by atoms with Crippen LogP contribution in [0.3, 0.4) is 0 Å². The van der Waals surface area contributed by atoms with Crippen molar-refractivity contribution in [3.63, 3.8) is 0 Å². The lowest BCUT2D eigenvalue weighted by molar-refractivity contribution is -0.173. The Bertz CT molecular complexity index is 1970. The van der Waals surface area contributed by atoms with Crippen LogP contribution in [0.4, 0.5) is 5.82 Å². The standard InChI is InChI=1S/C37H57N7O8SSi2/c1-49-17-18-52-37(36(45)46)13-11-27(12-14-37)31-32(53(2,47)48)35(43(25-50-19-21-54(3,4)5)26-51-20-22-55(6,7)8)44-34(42-31)29(24-41-44)28-9-10-30(40-23-28)33-38-15-16-39-33/h9-10,15-16,23-24,27H,11-14,17-22,25-26H2,1-8H3,(H,38,39)(H,45,46). The molecule has 55 heavy (non-hydrogen) atoms. The van der Waals surface area contributed by atoms with E-state index in [1.54, 1.807) is 34.2 Å². The lowest BCUT2D eigenvalue weighted by Gasteiger charge is -2.37. The minimum Gasteiger partial charge on any atom is -0.479 e. The number of nitrogens with zero attached hydrogens (tertiary/aromatic N) is 6. The number of rotatable bonds is 20. The lowest BCUT2D eigenvalue weighted by Crippen LogP contribution is -2.45. The van der Waals surface area contributed by atoms with Gasteiger partial charge in [-0.3, -0.25) is 4.98 Å². The number of aromatic nitrogens is 6. The van der Waals surface area contributed by atoms with Crippen LogP contribution in [-0.4, -0.2) is 124 Å². The Morgan fingerprint density at radius 2 is 1.64 bits per heavy atom. The monoisotopic (exact) mass is 815 g/mol. The molecule has 4 aromatic rings. The van der Waals surface area contributed by atoms with Crippen LogP contribution in [0.2, 0.25) is 51.4 Å². The van der Waals surface area contributed by atoms with Crippen molar-refractivity contribution in [3.8, 4) is 22.6 Å². The Morgan fingerprint density at radius 3 is 2.15 bits per heavy atom. The van der Waals surface area contributed by atoms with Gasteiger partial charge in [0.15, 0.2) is 32.7 Å². The maximum atomic E-state index is 14.1. The SMILES string of the molecule is COCCOC1(C(=O)O)CCC(c2nc3c(-c4ccc(-c5ncc[nH]5)nc4)cnn3c(N(COCC[Si](C)(C)C)COCC[Si](C)(C)C)c2S(C)(=O)=O)CC1. The first-order chi connectivity index (χ1) is 25.9. The molecule has 18 heteroatoms. The molecule has 2 N–H and O–H groups in total. The number of H-pyrrole nitrogens is 1. The number of carboxylic acid groups (broad SMARTS) is 1. The van der Waals surface area contributed by atoms with E-state index in [1.807, 2.05) is 12.1 Å². The van der Waals surface area contributed by atoms with Gasteiger partial charge in [-0.15, -0.1) is 0 Å². The summed E-state index contributed by atoms with van der Waals surface area (Å²) in [4.78, 5) is 31.5. The Morgan fingerprint density at radius 1 is 0.982 bits per heavy atom. The molecule has 1 saturated carbocycles. The van der Waals surface area contributed by atoms with Crippen molar-refractivity contribution in [1.29, 1.82) is 0 Å². The highest BCUT2D eigenvalue weighted by molar-refractivity contribution is 7.91. The van der Waals surface area contributed by atoms with Gasteiger partial charge in [0.05, 0.1) is 25.1 Å². The number of sulfone groups is 1.